The van der Waals surface area contributed by atoms with E-state index in [9.17, 15) is 4.79 Å². The number of nitrogen functional groups attached to an aromatic ring is 1. The highest BCUT2D eigenvalue weighted by atomic mass is 16.2. The molecule has 0 aromatic heterocycles. The quantitative estimate of drug-likeness (QED) is 0.848. The third-order valence-electron chi connectivity index (χ3n) is 5.05. The van der Waals surface area contributed by atoms with Gasteiger partial charge in [-0.25, -0.2) is 0 Å². The number of hydrogen-bond acceptors (Lipinski definition) is 3. The third kappa shape index (κ3) is 3.83. The maximum absolute atomic E-state index is 12.8. The number of likely N-dealkylation sites (tertiary alicyclic amines) is 1. The molecule has 2 aromatic rings. The Morgan fingerprint density at radius 3 is 2.60 bits per heavy atom. The fraction of sp³-hybridized carbons (Fsp3) is 0.333. The van der Waals surface area contributed by atoms with Gasteiger partial charge in [0.1, 0.15) is 0 Å². The van der Waals surface area contributed by atoms with Crippen LogP contribution in [0.5, 0.6) is 0 Å². The summed E-state index contributed by atoms with van der Waals surface area (Å²) in [6.45, 7) is 3.47. The van der Waals surface area contributed by atoms with E-state index in [0.29, 0.717) is 22.7 Å². The molecule has 1 aliphatic rings. The van der Waals surface area contributed by atoms with Crippen LogP contribution in [0.4, 0.5) is 5.69 Å². The number of nitrogens with zero attached hydrogens (tertiary/aromatic N) is 2. The molecule has 1 amide bonds. The van der Waals surface area contributed by atoms with Crippen LogP contribution in [0.1, 0.15) is 52.2 Å². The minimum atomic E-state index is 0.0622. The van der Waals surface area contributed by atoms with Gasteiger partial charge in [0.2, 0.25) is 0 Å². The van der Waals surface area contributed by atoms with Gasteiger partial charge in [0.25, 0.3) is 5.91 Å². The van der Waals surface area contributed by atoms with Crippen LogP contribution in [0.3, 0.4) is 0 Å². The van der Waals surface area contributed by atoms with Gasteiger partial charge in [0, 0.05) is 24.3 Å². The van der Waals surface area contributed by atoms with Crippen LogP contribution in [0.2, 0.25) is 0 Å². The molecule has 4 heteroatoms. The number of rotatable bonds is 2. The molecule has 25 heavy (non-hydrogen) atoms. The van der Waals surface area contributed by atoms with Gasteiger partial charge in [0.15, 0.2) is 0 Å². The van der Waals surface area contributed by atoms with Gasteiger partial charge in [-0.2, -0.15) is 5.26 Å². The number of amides is 1. The van der Waals surface area contributed by atoms with Crippen molar-refractivity contribution >= 4 is 11.6 Å². The minimum Gasteiger partial charge on any atom is -0.398 e. The zero-order chi connectivity index (χ0) is 17.8. The Hall–Kier alpha value is -2.80. The Morgan fingerprint density at radius 1 is 1.16 bits per heavy atom. The second-order valence-corrected chi connectivity index (χ2v) is 6.73. The summed E-state index contributed by atoms with van der Waals surface area (Å²) in [6.07, 6.45) is 2.99. The molecule has 1 unspecified atom stereocenters. The highest BCUT2D eigenvalue weighted by Gasteiger charge is 2.22. The Kier molecular flexibility index (Phi) is 5.04. The maximum atomic E-state index is 12.8. The summed E-state index contributed by atoms with van der Waals surface area (Å²) in [4.78, 5) is 14.7. The summed E-state index contributed by atoms with van der Waals surface area (Å²) in [5.74, 6) is 0.501. The number of benzene rings is 2. The van der Waals surface area contributed by atoms with E-state index >= 15 is 0 Å². The Labute approximate surface area is 148 Å². The fourth-order valence-corrected chi connectivity index (χ4v) is 3.42. The van der Waals surface area contributed by atoms with Crippen molar-refractivity contribution in [2.45, 2.75) is 32.1 Å². The zero-order valence-electron chi connectivity index (χ0n) is 14.5. The van der Waals surface area contributed by atoms with Crippen molar-refractivity contribution in [2.24, 2.45) is 0 Å². The van der Waals surface area contributed by atoms with Crippen LogP contribution >= 0.6 is 0 Å². The lowest BCUT2D eigenvalue weighted by molar-refractivity contribution is 0.0761. The summed E-state index contributed by atoms with van der Waals surface area (Å²) in [5.41, 5.74) is 10.2. The molecule has 0 bridgehead atoms. The first-order valence-electron chi connectivity index (χ1n) is 8.74. The molecule has 128 valence electrons. The summed E-state index contributed by atoms with van der Waals surface area (Å²) in [5, 5.41) is 8.92. The fourth-order valence-electron chi connectivity index (χ4n) is 3.42. The smallest absolute Gasteiger partial charge is 0.253 e. The van der Waals surface area contributed by atoms with Crippen molar-refractivity contribution in [2.75, 3.05) is 18.8 Å². The van der Waals surface area contributed by atoms with Crippen molar-refractivity contribution in [3.8, 4) is 6.07 Å². The van der Waals surface area contributed by atoms with Crippen molar-refractivity contribution in [1.82, 2.24) is 4.90 Å². The normalized spacial score (nSPS) is 17.6. The molecule has 1 saturated heterocycles. The first-order valence-corrected chi connectivity index (χ1v) is 8.74. The number of carbonyl (C=O) groups excluding carboxylic acids is 1. The van der Waals surface area contributed by atoms with Gasteiger partial charge < -0.3 is 10.6 Å². The lowest BCUT2D eigenvalue weighted by Crippen LogP contribution is -2.32. The molecule has 0 aliphatic carbocycles. The second-order valence-electron chi connectivity index (χ2n) is 6.73. The van der Waals surface area contributed by atoms with E-state index in [1.54, 1.807) is 6.07 Å². The Balaban J connectivity index is 1.69. The van der Waals surface area contributed by atoms with Gasteiger partial charge in [-0.05, 0) is 67.5 Å². The highest BCUT2D eigenvalue weighted by Crippen LogP contribution is 2.29. The largest absolute Gasteiger partial charge is 0.398 e. The monoisotopic (exact) mass is 333 g/mol. The topological polar surface area (TPSA) is 70.1 Å². The molecule has 4 nitrogen and oxygen atoms in total. The van der Waals surface area contributed by atoms with Crippen LogP contribution in [0.25, 0.3) is 0 Å². The molecule has 1 fully saturated rings. The highest BCUT2D eigenvalue weighted by molar-refractivity contribution is 5.95. The molecule has 0 spiro atoms. The summed E-state index contributed by atoms with van der Waals surface area (Å²) in [7, 11) is 0. The molecule has 1 atom stereocenters. The van der Waals surface area contributed by atoms with Crippen LogP contribution in [0, 0.1) is 18.3 Å². The Bertz CT molecular complexity index is 805. The molecular formula is C21H23N3O. The predicted octanol–water partition coefficient (Wildman–Crippen LogP) is 3.86. The molecule has 3 rings (SSSR count). The van der Waals surface area contributed by atoms with E-state index in [0.717, 1.165) is 37.9 Å². The standard InChI is InChI=1S/C21H23N3O/c1-15-4-7-19(13-20(15)23)21(25)24-11-2-3-17(10-12-24)18-8-5-16(14-22)6-9-18/h4-9,13,17H,2-3,10-12,23H2,1H3. The Morgan fingerprint density at radius 2 is 1.92 bits per heavy atom. The van der Waals surface area contributed by atoms with Gasteiger partial charge in [0.05, 0.1) is 11.6 Å². The molecule has 2 N–H and O–H groups in total. The zero-order valence-corrected chi connectivity index (χ0v) is 14.5. The summed E-state index contributed by atoms with van der Waals surface area (Å²) in [6, 6.07) is 15.5. The number of nitrogens with two attached hydrogens (primary N) is 1. The summed E-state index contributed by atoms with van der Waals surface area (Å²) >= 11 is 0. The van der Waals surface area contributed by atoms with Gasteiger partial charge >= 0.3 is 0 Å². The molecule has 0 radical (unpaired) electrons. The summed E-state index contributed by atoms with van der Waals surface area (Å²) < 4.78 is 0. The van der Waals surface area contributed by atoms with E-state index in [1.165, 1.54) is 5.56 Å². The van der Waals surface area contributed by atoms with E-state index in [2.05, 4.69) is 6.07 Å². The second kappa shape index (κ2) is 7.40. The number of hydrogen-bond donors (Lipinski definition) is 1. The van der Waals surface area contributed by atoms with Crippen molar-refractivity contribution < 1.29 is 4.79 Å². The molecule has 1 aliphatic heterocycles. The molecule has 2 aromatic carbocycles. The predicted molar refractivity (Wildman–Crippen MR) is 99.2 cm³/mol. The van der Waals surface area contributed by atoms with E-state index < -0.39 is 0 Å². The van der Waals surface area contributed by atoms with Crippen LogP contribution in [-0.2, 0) is 0 Å². The SMILES string of the molecule is Cc1ccc(C(=O)N2CCCC(c3ccc(C#N)cc3)CC2)cc1N. The molecule has 0 saturated carbocycles. The van der Waals surface area contributed by atoms with Crippen LogP contribution < -0.4 is 5.73 Å². The first kappa shape index (κ1) is 17.0. The number of aryl methyl sites for hydroxylation is 1. The van der Waals surface area contributed by atoms with Gasteiger partial charge in [-0.15, -0.1) is 0 Å². The van der Waals surface area contributed by atoms with Gasteiger partial charge in [-0.3, -0.25) is 4.79 Å². The number of carbonyl (C=O) groups is 1. The first-order chi connectivity index (χ1) is 12.1. The number of nitriles is 1. The number of anilines is 1. The van der Waals surface area contributed by atoms with Crippen LogP contribution in [-0.4, -0.2) is 23.9 Å². The van der Waals surface area contributed by atoms with E-state index in [1.807, 2.05) is 48.2 Å². The third-order valence-corrected chi connectivity index (χ3v) is 5.05. The minimum absolute atomic E-state index is 0.0622. The van der Waals surface area contributed by atoms with E-state index in [4.69, 9.17) is 11.0 Å². The maximum Gasteiger partial charge on any atom is 0.253 e. The van der Waals surface area contributed by atoms with Crippen molar-refractivity contribution in [3.05, 3.63) is 64.7 Å². The van der Waals surface area contributed by atoms with Crippen LogP contribution in [0.15, 0.2) is 42.5 Å². The van der Waals surface area contributed by atoms with Gasteiger partial charge in [-0.1, -0.05) is 18.2 Å². The average molecular weight is 333 g/mol. The molecule has 1 heterocycles. The average Bonchev–Trinajstić information content (AvgIpc) is 2.89. The van der Waals surface area contributed by atoms with Crippen molar-refractivity contribution in [1.29, 1.82) is 5.26 Å². The lowest BCUT2D eigenvalue weighted by atomic mass is 9.91. The van der Waals surface area contributed by atoms with Crippen molar-refractivity contribution in [3.63, 3.8) is 0 Å². The van der Waals surface area contributed by atoms with E-state index in [-0.39, 0.29) is 5.91 Å². The lowest BCUT2D eigenvalue weighted by Gasteiger charge is -2.21. The molecular weight excluding hydrogens is 310 g/mol.